The standard InChI is InChI=1S/C22H17Cl2N4O5S.HI/c1-14(29)26(17-9-11-25(2)12-10-17)27-20-13-16(24)5-8-19(20)21(30)28(22(27)31)34(32,33)18-6-3-15(23)4-7-18;/h3-13H,1-2H3;1H/q+1;/p-1. The molecule has 13 heteroatoms. The van der Waals surface area contributed by atoms with Crippen molar-refractivity contribution in [2.75, 3.05) is 5.01 Å². The Bertz CT molecular complexity index is 1670. The van der Waals surface area contributed by atoms with Crippen molar-refractivity contribution >= 4 is 55.7 Å². The number of anilines is 1. The lowest BCUT2D eigenvalue weighted by molar-refractivity contribution is -0.671. The van der Waals surface area contributed by atoms with Crippen LogP contribution >= 0.6 is 23.2 Å². The monoisotopic (exact) mass is 646 g/mol. The number of pyridine rings is 1. The van der Waals surface area contributed by atoms with Gasteiger partial charge in [-0.1, -0.05) is 23.2 Å². The first-order chi connectivity index (χ1) is 16.0. The molecule has 2 aromatic carbocycles. The average Bonchev–Trinajstić information content (AvgIpc) is 2.77. The maximum absolute atomic E-state index is 13.7. The Morgan fingerprint density at radius 3 is 2.09 bits per heavy atom. The second-order valence-corrected chi connectivity index (χ2v) is 10.00. The highest BCUT2D eigenvalue weighted by Gasteiger charge is 2.29. The first-order valence-corrected chi connectivity index (χ1v) is 12.0. The fourth-order valence-corrected chi connectivity index (χ4v) is 5.02. The van der Waals surface area contributed by atoms with E-state index in [1.165, 1.54) is 49.4 Å². The predicted octanol–water partition coefficient (Wildman–Crippen LogP) is -0.648. The maximum Gasteiger partial charge on any atom is 0.365 e. The lowest BCUT2D eigenvalue weighted by Gasteiger charge is -2.25. The zero-order chi connectivity index (χ0) is 24.8. The van der Waals surface area contributed by atoms with Crippen molar-refractivity contribution in [1.29, 1.82) is 0 Å². The van der Waals surface area contributed by atoms with Crippen LogP contribution in [0.25, 0.3) is 10.9 Å². The SMILES string of the molecule is CC(=O)N(c1cc[n+](C)cc1)n1c(=O)n(S(=O)(=O)c2ccc(Cl)cc2)c(=O)c2ccc(Cl)cc21.[I-]. The fourth-order valence-electron chi connectivity index (χ4n) is 3.44. The lowest BCUT2D eigenvalue weighted by atomic mass is 10.2. The van der Waals surface area contributed by atoms with Crippen LogP contribution < -0.4 is 44.8 Å². The fraction of sp³-hybridized carbons (Fsp3) is 0.0909. The van der Waals surface area contributed by atoms with Gasteiger partial charge in [-0.2, -0.15) is 4.68 Å². The quantitative estimate of drug-likeness (QED) is 0.217. The maximum atomic E-state index is 13.7. The Labute approximate surface area is 226 Å². The van der Waals surface area contributed by atoms with Crippen LogP contribution in [-0.4, -0.2) is 23.0 Å². The molecule has 0 aliphatic rings. The van der Waals surface area contributed by atoms with Crippen molar-refractivity contribution in [3.63, 3.8) is 0 Å². The lowest BCUT2D eigenvalue weighted by Crippen LogP contribution is -3.00. The van der Waals surface area contributed by atoms with Crippen LogP contribution in [0.2, 0.25) is 10.0 Å². The molecule has 0 unspecified atom stereocenters. The molecule has 0 N–H and O–H groups in total. The number of nitrogens with zero attached hydrogens (tertiary/aromatic N) is 4. The second kappa shape index (κ2) is 10.1. The van der Waals surface area contributed by atoms with E-state index in [9.17, 15) is 22.8 Å². The van der Waals surface area contributed by atoms with Gasteiger partial charge in [-0.05, 0) is 42.5 Å². The van der Waals surface area contributed by atoms with Gasteiger partial charge < -0.3 is 24.0 Å². The first-order valence-electron chi connectivity index (χ1n) is 9.77. The first kappa shape index (κ1) is 26.9. The molecule has 0 saturated carbocycles. The minimum atomic E-state index is -4.65. The largest absolute Gasteiger partial charge is 1.00 e. The molecule has 9 nitrogen and oxygen atoms in total. The van der Waals surface area contributed by atoms with Crippen LogP contribution in [-0.2, 0) is 21.9 Å². The minimum Gasteiger partial charge on any atom is -1.00 e. The second-order valence-electron chi connectivity index (χ2n) is 7.34. The Balaban J connectivity index is 0.00000342. The van der Waals surface area contributed by atoms with E-state index in [1.54, 1.807) is 36.1 Å². The molecule has 1 amide bonds. The Hall–Kier alpha value is -2.74. The molecule has 2 heterocycles. The third kappa shape index (κ3) is 4.85. The van der Waals surface area contributed by atoms with Gasteiger partial charge in [0, 0.05) is 29.1 Å². The van der Waals surface area contributed by atoms with Crippen LogP contribution in [0.1, 0.15) is 6.92 Å². The number of halogens is 3. The van der Waals surface area contributed by atoms with E-state index < -0.39 is 27.2 Å². The highest BCUT2D eigenvalue weighted by molar-refractivity contribution is 7.90. The normalized spacial score (nSPS) is 11.2. The smallest absolute Gasteiger partial charge is 0.365 e. The van der Waals surface area contributed by atoms with Crippen LogP contribution in [0.5, 0.6) is 0 Å². The number of carbonyl (C=O) groups excluding carboxylic acids is 1. The summed E-state index contributed by atoms with van der Waals surface area (Å²) in [6.45, 7) is 1.21. The zero-order valence-corrected chi connectivity index (χ0v) is 22.7. The number of carbonyl (C=O) groups is 1. The predicted molar refractivity (Wildman–Crippen MR) is 128 cm³/mol. The van der Waals surface area contributed by atoms with Crippen molar-refractivity contribution in [3.8, 4) is 0 Å². The number of rotatable bonds is 4. The molecule has 4 aromatic rings. The molecule has 0 spiro atoms. The average molecular weight is 647 g/mol. The number of hydrogen-bond acceptors (Lipinski definition) is 5. The van der Waals surface area contributed by atoms with Crippen molar-refractivity contribution in [3.05, 3.63) is 97.9 Å². The van der Waals surface area contributed by atoms with E-state index in [4.69, 9.17) is 23.2 Å². The molecule has 0 aliphatic heterocycles. The molecular formula is C22H17Cl2IN4O5S. The highest BCUT2D eigenvalue weighted by atomic mass is 127. The molecule has 0 atom stereocenters. The number of aryl methyl sites for hydroxylation is 1. The van der Waals surface area contributed by atoms with E-state index >= 15 is 0 Å². The summed E-state index contributed by atoms with van der Waals surface area (Å²) in [5, 5.41) is 1.31. The van der Waals surface area contributed by atoms with Crippen molar-refractivity contribution in [2.24, 2.45) is 7.05 Å². The molecule has 0 fully saturated rings. The molecule has 4 rings (SSSR count). The molecule has 2 aromatic heterocycles. The van der Waals surface area contributed by atoms with Crippen LogP contribution in [0.4, 0.5) is 5.69 Å². The van der Waals surface area contributed by atoms with Gasteiger partial charge in [-0.3, -0.25) is 9.59 Å². The molecule has 0 aliphatic carbocycles. The third-order valence-electron chi connectivity index (χ3n) is 5.01. The number of aromatic nitrogens is 3. The van der Waals surface area contributed by atoms with E-state index in [1.807, 2.05) is 0 Å². The molecule has 35 heavy (non-hydrogen) atoms. The summed E-state index contributed by atoms with van der Waals surface area (Å²) < 4.78 is 29.5. The number of amides is 1. The molecule has 0 bridgehead atoms. The van der Waals surface area contributed by atoms with Gasteiger partial charge in [0.15, 0.2) is 12.4 Å². The highest BCUT2D eigenvalue weighted by Crippen LogP contribution is 2.21. The van der Waals surface area contributed by atoms with E-state index in [0.717, 1.165) is 9.69 Å². The Kier molecular flexibility index (Phi) is 7.74. The van der Waals surface area contributed by atoms with Crippen molar-refractivity contribution in [2.45, 2.75) is 11.8 Å². The summed E-state index contributed by atoms with van der Waals surface area (Å²) in [5.41, 5.74) is -2.11. The van der Waals surface area contributed by atoms with Crippen LogP contribution in [0.3, 0.4) is 0 Å². The molecule has 182 valence electrons. The molecule has 0 saturated heterocycles. The third-order valence-corrected chi connectivity index (χ3v) is 7.17. The van der Waals surface area contributed by atoms with Crippen LogP contribution in [0.15, 0.2) is 81.5 Å². The van der Waals surface area contributed by atoms with Gasteiger partial charge in [-0.25, -0.2) is 22.8 Å². The van der Waals surface area contributed by atoms with E-state index in [2.05, 4.69) is 0 Å². The van der Waals surface area contributed by atoms with Gasteiger partial charge in [-0.15, -0.1) is 3.97 Å². The minimum absolute atomic E-state index is 0. The van der Waals surface area contributed by atoms with Gasteiger partial charge in [0.2, 0.25) is 5.91 Å². The van der Waals surface area contributed by atoms with Gasteiger partial charge in [0.05, 0.1) is 21.5 Å². The summed E-state index contributed by atoms with van der Waals surface area (Å²) in [4.78, 5) is 39.4. The number of hydrogen-bond donors (Lipinski definition) is 0. The van der Waals surface area contributed by atoms with Crippen LogP contribution in [0, 0.1) is 0 Å². The van der Waals surface area contributed by atoms with Crippen molar-refractivity contribution in [1.82, 2.24) is 8.65 Å². The Morgan fingerprint density at radius 2 is 1.51 bits per heavy atom. The van der Waals surface area contributed by atoms with E-state index in [0.29, 0.717) is 0 Å². The summed E-state index contributed by atoms with van der Waals surface area (Å²) in [7, 11) is -2.89. The number of fused-ring (bicyclic) bond motifs is 1. The van der Waals surface area contributed by atoms with Gasteiger partial charge >= 0.3 is 5.69 Å². The number of benzene rings is 2. The summed E-state index contributed by atoms with van der Waals surface area (Å²) in [6.07, 6.45) is 3.29. The van der Waals surface area contributed by atoms with Gasteiger partial charge in [0.1, 0.15) is 7.05 Å². The summed E-state index contributed by atoms with van der Waals surface area (Å²) in [5.74, 6) is -0.605. The van der Waals surface area contributed by atoms with Crippen molar-refractivity contribution < 1.29 is 41.8 Å². The zero-order valence-electron chi connectivity index (χ0n) is 18.2. The molecular weight excluding hydrogens is 630 g/mol. The van der Waals surface area contributed by atoms with E-state index in [-0.39, 0.29) is 59.5 Å². The summed E-state index contributed by atoms with van der Waals surface area (Å²) >= 11 is 12.0. The topological polar surface area (TPSA) is 102 Å². The Morgan fingerprint density at radius 1 is 0.943 bits per heavy atom. The molecule has 0 radical (unpaired) electrons. The summed E-state index contributed by atoms with van der Waals surface area (Å²) in [6, 6.07) is 12.1. The van der Waals surface area contributed by atoms with Gasteiger partial charge in [0.25, 0.3) is 15.6 Å².